The maximum absolute atomic E-state index is 12.7. The van der Waals surface area contributed by atoms with Crippen LogP contribution in [-0.2, 0) is 21.0 Å². The molecule has 134 valence electrons. The molecule has 1 atom stereocenters. The molecule has 1 unspecified atom stereocenters. The Hall–Kier alpha value is -2.93. The van der Waals surface area contributed by atoms with Crippen LogP contribution in [-0.4, -0.2) is 33.3 Å². The van der Waals surface area contributed by atoms with E-state index in [4.69, 9.17) is 16.4 Å². The molecule has 7 nitrogen and oxygen atoms in total. The molecule has 0 aliphatic carbocycles. The van der Waals surface area contributed by atoms with Gasteiger partial charge in [0, 0.05) is 35.9 Å². The third-order valence-electron chi connectivity index (χ3n) is 3.99. The fraction of sp³-hybridized carbons (Fsp3) is 0.222. The maximum Gasteiger partial charge on any atom is 0.308 e. The van der Waals surface area contributed by atoms with Gasteiger partial charge in [-0.3, -0.25) is 14.6 Å². The molecular weight excluding hydrogens is 358 g/mol. The number of amides is 1. The third-order valence-corrected chi connectivity index (χ3v) is 4.32. The summed E-state index contributed by atoms with van der Waals surface area (Å²) in [5, 5.41) is 16.3. The van der Waals surface area contributed by atoms with Crippen LogP contribution in [0.4, 0.5) is 0 Å². The third kappa shape index (κ3) is 3.83. The van der Waals surface area contributed by atoms with Gasteiger partial charge in [0.05, 0.1) is 12.1 Å². The van der Waals surface area contributed by atoms with Crippen molar-refractivity contribution in [3.8, 4) is 0 Å². The molecule has 1 aliphatic heterocycles. The number of carboxylic acid groups (broad SMARTS) is 1. The highest BCUT2D eigenvalue weighted by molar-refractivity contribution is 6.34. The summed E-state index contributed by atoms with van der Waals surface area (Å²) in [5.41, 5.74) is 0.231. The van der Waals surface area contributed by atoms with Gasteiger partial charge in [-0.15, -0.1) is 0 Å². The van der Waals surface area contributed by atoms with E-state index < -0.39 is 23.9 Å². The summed E-state index contributed by atoms with van der Waals surface area (Å²) < 4.78 is 0. The Labute approximate surface area is 154 Å². The zero-order valence-electron chi connectivity index (χ0n) is 13.7. The topological polar surface area (TPSA) is 101 Å². The van der Waals surface area contributed by atoms with E-state index in [0.717, 1.165) is 5.56 Å². The van der Waals surface area contributed by atoms with Gasteiger partial charge in [-0.05, 0) is 17.7 Å². The summed E-state index contributed by atoms with van der Waals surface area (Å²) in [4.78, 5) is 33.3. The van der Waals surface area contributed by atoms with Gasteiger partial charge >= 0.3 is 5.97 Å². The number of hydrogen-bond acceptors (Lipinski definition) is 5. The van der Waals surface area contributed by atoms with Gasteiger partial charge in [-0.2, -0.15) is 0 Å². The lowest BCUT2D eigenvalue weighted by Crippen LogP contribution is -2.48. The van der Waals surface area contributed by atoms with Crippen LogP contribution >= 0.6 is 11.6 Å². The van der Waals surface area contributed by atoms with E-state index in [1.165, 1.54) is 0 Å². The number of rotatable bonds is 6. The van der Waals surface area contributed by atoms with Crippen molar-refractivity contribution in [2.24, 2.45) is 5.16 Å². The highest BCUT2D eigenvalue weighted by Gasteiger charge is 2.48. The maximum atomic E-state index is 12.7. The predicted molar refractivity (Wildman–Crippen MR) is 94.8 cm³/mol. The fourth-order valence-electron chi connectivity index (χ4n) is 2.70. The number of benzene rings is 1. The zero-order valence-corrected chi connectivity index (χ0v) is 14.4. The van der Waals surface area contributed by atoms with E-state index in [2.05, 4.69) is 15.5 Å². The summed E-state index contributed by atoms with van der Waals surface area (Å²) in [6.45, 7) is 0.207. The average molecular weight is 374 g/mol. The van der Waals surface area contributed by atoms with Gasteiger partial charge in [-0.1, -0.05) is 41.0 Å². The quantitative estimate of drug-likeness (QED) is 0.809. The van der Waals surface area contributed by atoms with E-state index in [0.29, 0.717) is 16.3 Å². The van der Waals surface area contributed by atoms with Crippen molar-refractivity contribution in [1.29, 1.82) is 0 Å². The molecule has 0 fully saturated rings. The van der Waals surface area contributed by atoms with E-state index >= 15 is 0 Å². The van der Waals surface area contributed by atoms with Crippen LogP contribution < -0.4 is 5.32 Å². The van der Waals surface area contributed by atoms with Crippen LogP contribution in [0.1, 0.15) is 24.0 Å². The molecule has 1 aromatic carbocycles. The number of oxime groups is 1. The lowest BCUT2D eigenvalue weighted by Gasteiger charge is -2.23. The van der Waals surface area contributed by atoms with Gasteiger partial charge < -0.3 is 15.3 Å². The number of pyridine rings is 1. The Bertz CT molecular complexity index is 857. The summed E-state index contributed by atoms with van der Waals surface area (Å²) in [6.07, 6.45) is 2.75. The molecule has 0 saturated heterocycles. The normalized spacial score (nSPS) is 18.7. The molecule has 0 spiro atoms. The summed E-state index contributed by atoms with van der Waals surface area (Å²) in [7, 11) is 0. The molecule has 1 aromatic heterocycles. The van der Waals surface area contributed by atoms with Gasteiger partial charge in [0.1, 0.15) is 0 Å². The second-order valence-electron chi connectivity index (χ2n) is 5.89. The Morgan fingerprint density at radius 3 is 2.77 bits per heavy atom. The number of carboxylic acids is 1. The number of nitrogens with one attached hydrogen (secondary N) is 1. The van der Waals surface area contributed by atoms with Crippen molar-refractivity contribution in [2.75, 3.05) is 0 Å². The molecule has 8 heteroatoms. The number of aliphatic carboxylic acids is 1. The first-order chi connectivity index (χ1) is 12.5. The lowest BCUT2D eigenvalue weighted by atomic mass is 9.90. The number of hydrogen-bond donors (Lipinski definition) is 2. The number of carbonyl (C=O) groups is 2. The monoisotopic (exact) mass is 373 g/mol. The van der Waals surface area contributed by atoms with Gasteiger partial charge in [0.15, 0.2) is 0 Å². The van der Waals surface area contributed by atoms with Crippen molar-refractivity contribution < 1.29 is 19.5 Å². The minimum absolute atomic E-state index is 0.0158. The molecule has 3 rings (SSSR count). The average Bonchev–Trinajstić information content (AvgIpc) is 3.05. The largest absolute Gasteiger partial charge is 0.481 e. The second-order valence-corrected chi connectivity index (χ2v) is 6.30. The number of nitrogens with zero attached hydrogens (tertiary/aromatic N) is 2. The molecule has 2 heterocycles. The zero-order chi connectivity index (χ0) is 18.6. The second kappa shape index (κ2) is 7.53. The SMILES string of the molecule is O=C(O)CC1(C(=O)NCc2cccnc2)CC(c2ccccc2Cl)=NO1. The lowest BCUT2D eigenvalue weighted by molar-refractivity contribution is -0.156. The molecular formula is C18H16ClN3O4. The van der Waals surface area contributed by atoms with Crippen molar-refractivity contribution in [3.05, 3.63) is 64.9 Å². The number of aromatic nitrogens is 1. The minimum atomic E-state index is -1.61. The van der Waals surface area contributed by atoms with E-state index in [1.807, 2.05) is 0 Å². The first kappa shape index (κ1) is 17.9. The van der Waals surface area contributed by atoms with Crippen LogP contribution in [0.5, 0.6) is 0 Å². The molecule has 0 radical (unpaired) electrons. The number of carbonyl (C=O) groups excluding carboxylic acids is 1. The first-order valence-electron chi connectivity index (χ1n) is 7.89. The Morgan fingerprint density at radius 2 is 2.08 bits per heavy atom. The van der Waals surface area contributed by atoms with Gasteiger partial charge in [-0.25, -0.2) is 0 Å². The Balaban J connectivity index is 1.77. The van der Waals surface area contributed by atoms with Crippen LogP contribution in [0.3, 0.4) is 0 Å². The molecule has 2 aromatic rings. The molecule has 0 saturated carbocycles. The van der Waals surface area contributed by atoms with Gasteiger partial charge in [0.2, 0.25) is 5.60 Å². The van der Waals surface area contributed by atoms with Crippen LogP contribution in [0, 0.1) is 0 Å². The highest BCUT2D eigenvalue weighted by Crippen LogP contribution is 2.32. The van der Waals surface area contributed by atoms with Crippen molar-refractivity contribution >= 4 is 29.2 Å². The first-order valence-corrected chi connectivity index (χ1v) is 8.27. The molecule has 2 N–H and O–H groups in total. The molecule has 0 bridgehead atoms. The Morgan fingerprint density at radius 1 is 1.27 bits per heavy atom. The summed E-state index contributed by atoms with van der Waals surface area (Å²) in [6, 6.07) is 10.5. The van der Waals surface area contributed by atoms with Crippen molar-refractivity contribution in [1.82, 2.24) is 10.3 Å². The molecule has 26 heavy (non-hydrogen) atoms. The van der Waals surface area contributed by atoms with Crippen LogP contribution in [0.25, 0.3) is 0 Å². The highest BCUT2D eigenvalue weighted by atomic mass is 35.5. The molecule has 1 amide bonds. The van der Waals surface area contributed by atoms with Gasteiger partial charge in [0.25, 0.3) is 5.91 Å². The van der Waals surface area contributed by atoms with Crippen molar-refractivity contribution in [3.63, 3.8) is 0 Å². The summed E-state index contributed by atoms with van der Waals surface area (Å²) in [5.74, 6) is -1.70. The van der Waals surface area contributed by atoms with Crippen LogP contribution in [0.2, 0.25) is 5.02 Å². The predicted octanol–water partition coefficient (Wildman–Crippen LogP) is 2.39. The van der Waals surface area contributed by atoms with E-state index in [1.54, 1.807) is 48.8 Å². The number of halogens is 1. The Kier molecular flexibility index (Phi) is 5.18. The molecule has 1 aliphatic rings. The standard InChI is InChI=1S/C18H16ClN3O4/c19-14-6-2-1-5-13(14)15-8-18(26-22-15,9-16(23)24)17(25)21-11-12-4-3-7-20-10-12/h1-7,10H,8-9,11H2,(H,21,25)(H,23,24). The summed E-state index contributed by atoms with van der Waals surface area (Å²) >= 11 is 6.16. The van der Waals surface area contributed by atoms with E-state index in [9.17, 15) is 14.7 Å². The van der Waals surface area contributed by atoms with E-state index in [-0.39, 0.29) is 13.0 Å². The van der Waals surface area contributed by atoms with Crippen LogP contribution in [0.15, 0.2) is 53.9 Å². The van der Waals surface area contributed by atoms with Crippen molar-refractivity contribution in [2.45, 2.75) is 25.0 Å². The smallest absolute Gasteiger partial charge is 0.308 e. The minimum Gasteiger partial charge on any atom is -0.481 e. The fourth-order valence-corrected chi connectivity index (χ4v) is 2.95.